The molecule has 2 aromatic carbocycles. The third-order valence-electron chi connectivity index (χ3n) is 2.47. The largest absolute Gasteiger partial charge is 0.289 e. The third kappa shape index (κ3) is 2.76. The first-order valence-corrected chi connectivity index (χ1v) is 6.66. The van der Waals surface area contributed by atoms with Crippen molar-refractivity contribution in [3.05, 3.63) is 70.2 Å². The molecule has 1 nitrogen and oxygen atoms in total. The summed E-state index contributed by atoms with van der Waals surface area (Å²) in [6, 6.07) is 14.6. The number of ketones is 1. The van der Waals surface area contributed by atoms with Crippen LogP contribution in [0.3, 0.4) is 0 Å². The second kappa shape index (κ2) is 5.48. The van der Waals surface area contributed by atoms with E-state index in [-0.39, 0.29) is 5.78 Å². The Kier molecular flexibility index (Phi) is 3.97. The number of carbonyl (C=O) groups is 1. The van der Waals surface area contributed by atoms with Gasteiger partial charge in [0.2, 0.25) is 0 Å². The fourth-order valence-corrected chi connectivity index (χ4v) is 2.13. The van der Waals surface area contributed by atoms with Crippen molar-refractivity contribution in [3.8, 4) is 0 Å². The molecule has 0 aromatic heterocycles. The van der Waals surface area contributed by atoms with Crippen LogP contribution < -0.4 is 0 Å². The molecule has 0 radical (unpaired) electrons. The number of benzene rings is 2. The molecule has 0 heterocycles. The Balaban J connectivity index is 2.44. The van der Waals surface area contributed by atoms with Crippen LogP contribution in [0.4, 0.5) is 0 Å². The Bertz CT molecular complexity index is 537. The van der Waals surface area contributed by atoms with E-state index in [1.807, 2.05) is 30.3 Å². The molecule has 3 heteroatoms. The minimum Gasteiger partial charge on any atom is -0.289 e. The van der Waals surface area contributed by atoms with Crippen molar-refractivity contribution in [2.24, 2.45) is 0 Å². The maximum absolute atomic E-state index is 12.2. The second-order valence-electron chi connectivity index (χ2n) is 3.64. The van der Waals surface area contributed by atoms with Crippen molar-refractivity contribution in [1.82, 2.24) is 0 Å². The van der Waals surface area contributed by atoms with E-state index in [4.69, 9.17) is 11.6 Å². The van der Waals surface area contributed by atoms with Crippen LogP contribution in [0.1, 0.15) is 21.5 Å². The number of hydrogen-bond acceptors (Lipinski definition) is 1. The van der Waals surface area contributed by atoms with Crippen LogP contribution >= 0.6 is 27.5 Å². The number of rotatable bonds is 3. The number of hydrogen-bond donors (Lipinski definition) is 0. The molecular weight excluding hydrogens is 300 g/mol. The standard InChI is InChI=1S/C14H10BrClO/c15-9-10-6-7-13(16)12(8-10)14(17)11-4-2-1-3-5-11/h1-8H,9H2. The van der Waals surface area contributed by atoms with Gasteiger partial charge in [-0.05, 0) is 17.7 Å². The molecule has 0 bridgehead atoms. The molecular formula is C14H10BrClO. The van der Waals surface area contributed by atoms with Gasteiger partial charge in [0, 0.05) is 16.5 Å². The summed E-state index contributed by atoms with van der Waals surface area (Å²) in [5.74, 6) is -0.0431. The maximum atomic E-state index is 12.2. The Morgan fingerprint density at radius 1 is 1.12 bits per heavy atom. The van der Waals surface area contributed by atoms with Crippen LogP contribution in [0.25, 0.3) is 0 Å². The molecule has 2 aromatic rings. The smallest absolute Gasteiger partial charge is 0.194 e. The molecule has 0 unspecified atom stereocenters. The average molecular weight is 310 g/mol. The number of alkyl halides is 1. The molecule has 2 rings (SSSR count). The first-order chi connectivity index (χ1) is 8.22. The Morgan fingerprint density at radius 2 is 1.82 bits per heavy atom. The lowest BCUT2D eigenvalue weighted by Gasteiger charge is -2.05. The van der Waals surface area contributed by atoms with Crippen LogP contribution in [0, 0.1) is 0 Å². The summed E-state index contributed by atoms with van der Waals surface area (Å²) in [5, 5.41) is 1.20. The highest BCUT2D eigenvalue weighted by Gasteiger charge is 2.12. The van der Waals surface area contributed by atoms with Crippen LogP contribution in [0.5, 0.6) is 0 Å². The van der Waals surface area contributed by atoms with Crippen LogP contribution in [-0.2, 0) is 5.33 Å². The molecule has 0 N–H and O–H groups in total. The molecule has 0 aliphatic rings. The number of carbonyl (C=O) groups excluding carboxylic acids is 1. The quantitative estimate of drug-likeness (QED) is 0.604. The van der Waals surface area contributed by atoms with Crippen LogP contribution in [-0.4, -0.2) is 5.78 Å². The summed E-state index contributed by atoms with van der Waals surface area (Å²) in [4.78, 5) is 12.2. The molecule has 0 aliphatic carbocycles. The van der Waals surface area contributed by atoms with E-state index in [0.29, 0.717) is 21.5 Å². The minimum absolute atomic E-state index is 0.0431. The summed E-state index contributed by atoms with van der Waals surface area (Å²) < 4.78 is 0. The SMILES string of the molecule is O=C(c1ccccc1)c1cc(CBr)ccc1Cl. The van der Waals surface area contributed by atoms with Gasteiger partial charge in [-0.3, -0.25) is 4.79 Å². The fourth-order valence-electron chi connectivity index (χ4n) is 1.57. The van der Waals surface area contributed by atoms with Crippen LogP contribution in [0.2, 0.25) is 5.02 Å². The van der Waals surface area contributed by atoms with Crippen molar-refractivity contribution >= 4 is 33.3 Å². The monoisotopic (exact) mass is 308 g/mol. The zero-order chi connectivity index (χ0) is 12.3. The molecule has 17 heavy (non-hydrogen) atoms. The normalized spacial score (nSPS) is 10.2. The lowest BCUT2D eigenvalue weighted by atomic mass is 10.0. The van der Waals surface area contributed by atoms with Gasteiger partial charge in [0.15, 0.2) is 5.78 Å². The summed E-state index contributed by atoms with van der Waals surface area (Å²) in [5.41, 5.74) is 2.24. The summed E-state index contributed by atoms with van der Waals surface area (Å²) in [6.45, 7) is 0. The molecule has 0 saturated heterocycles. The minimum atomic E-state index is -0.0431. The molecule has 0 spiro atoms. The fraction of sp³-hybridized carbons (Fsp3) is 0.0714. The van der Waals surface area contributed by atoms with Gasteiger partial charge >= 0.3 is 0 Å². The van der Waals surface area contributed by atoms with E-state index in [9.17, 15) is 4.79 Å². The highest BCUT2D eigenvalue weighted by molar-refractivity contribution is 9.08. The van der Waals surface area contributed by atoms with Crippen molar-refractivity contribution in [2.45, 2.75) is 5.33 Å². The number of halogens is 2. The van der Waals surface area contributed by atoms with E-state index in [2.05, 4.69) is 15.9 Å². The summed E-state index contributed by atoms with van der Waals surface area (Å²) in [7, 11) is 0. The molecule has 0 atom stereocenters. The highest BCUT2D eigenvalue weighted by atomic mass is 79.9. The van der Waals surface area contributed by atoms with Crippen LogP contribution in [0.15, 0.2) is 48.5 Å². The van der Waals surface area contributed by atoms with Crippen molar-refractivity contribution in [2.75, 3.05) is 0 Å². The van der Waals surface area contributed by atoms with Gasteiger partial charge in [0.25, 0.3) is 0 Å². The first kappa shape index (κ1) is 12.3. The molecule has 0 aliphatic heterocycles. The lowest BCUT2D eigenvalue weighted by molar-refractivity contribution is 0.103. The summed E-state index contributed by atoms with van der Waals surface area (Å²) in [6.07, 6.45) is 0. The zero-order valence-corrected chi connectivity index (χ0v) is 11.3. The third-order valence-corrected chi connectivity index (χ3v) is 3.44. The van der Waals surface area contributed by atoms with E-state index in [1.165, 1.54) is 0 Å². The van der Waals surface area contributed by atoms with E-state index >= 15 is 0 Å². The van der Waals surface area contributed by atoms with Crippen molar-refractivity contribution < 1.29 is 4.79 Å². The second-order valence-corrected chi connectivity index (χ2v) is 4.61. The first-order valence-electron chi connectivity index (χ1n) is 5.16. The Hall–Kier alpha value is -1.12. The zero-order valence-electron chi connectivity index (χ0n) is 8.99. The molecule has 86 valence electrons. The molecule has 0 fully saturated rings. The summed E-state index contributed by atoms with van der Waals surface area (Å²) >= 11 is 9.43. The van der Waals surface area contributed by atoms with Gasteiger partial charge in [-0.1, -0.05) is 63.9 Å². The Morgan fingerprint density at radius 3 is 2.47 bits per heavy atom. The molecule has 0 saturated carbocycles. The van der Waals surface area contributed by atoms with E-state index < -0.39 is 0 Å². The molecule has 0 amide bonds. The maximum Gasteiger partial charge on any atom is 0.194 e. The van der Waals surface area contributed by atoms with Gasteiger partial charge in [0.1, 0.15) is 0 Å². The van der Waals surface area contributed by atoms with Gasteiger partial charge < -0.3 is 0 Å². The van der Waals surface area contributed by atoms with Crippen molar-refractivity contribution in [3.63, 3.8) is 0 Å². The van der Waals surface area contributed by atoms with Gasteiger partial charge in [-0.2, -0.15) is 0 Å². The predicted octanol–water partition coefficient (Wildman–Crippen LogP) is 4.47. The van der Waals surface area contributed by atoms with E-state index in [0.717, 1.165) is 5.56 Å². The van der Waals surface area contributed by atoms with Gasteiger partial charge in [-0.15, -0.1) is 0 Å². The topological polar surface area (TPSA) is 17.1 Å². The van der Waals surface area contributed by atoms with Crippen molar-refractivity contribution in [1.29, 1.82) is 0 Å². The Labute approximate surface area is 114 Å². The lowest BCUT2D eigenvalue weighted by Crippen LogP contribution is -2.02. The van der Waals surface area contributed by atoms with Gasteiger partial charge in [-0.25, -0.2) is 0 Å². The predicted molar refractivity (Wildman–Crippen MR) is 74.0 cm³/mol. The van der Waals surface area contributed by atoms with Gasteiger partial charge in [0.05, 0.1) is 5.02 Å². The average Bonchev–Trinajstić information content (AvgIpc) is 2.39. The highest BCUT2D eigenvalue weighted by Crippen LogP contribution is 2.22. The van der Waals surface area contributed by atoms with E-state index in [1.54, 1.807) is 18.2 Å².